The van der Waals surface area contributed by atoms with Crippen molar-refractivity contribution in [1.82, 2.24) is 10.2 Å². The molecule has 0 atom stereocenters. The maximum atomic E-state index is 12.8. The van der Waals surface area contributed by atoms with E-state index >= 15 is 0 Å². The van der Waals surface area contributed by atoms with E-state index in [0.29, 0.717) is 28.1 Å². The molecule has 3 aromatic carbocycles. The predicted molar refractivity (Wildman–Crippen MR) is 138 cm³/mol. The first kappa shape index (κ1) is 24.2. The van der Waals surface area contributed by atoms with Gasteiger partial charge in [-0.15, -0.1) is 0 Å². The van der Waals surface area contributed by atoms with Crippen molar-refractivity contribution in [2.45, 2.75) is 20.0 Å². The van der Waals surface area contributed by atoms with E-state index in [1.807, 2.05) is 55.5 Å². The normalized spacial score (nSPS) is 14.2. The van der Waals surface area contributed by atoms with Crippen molar-refractivity contribution in [3.63, 3.8) is 0 Å². The number of ether oxygens (including phenoxy) is 1. The summed E-state index contributed by atoms with van der Waals surface area (Å²) in [4.78, 5) is 38.6. The largest absolute Gasteiger partial charge is 0.488 e. The number of urea groups is 1. The van der Waals surface area contributed by atoms with E-state index in [4.69, 9.17) is 4.74 Å². The zero-order valence-corrected chi connectivity index (χ0v) is 20.7. The quantitative estimate of drug-likeness (QED) is 0.310. The molecule has 1 saturated heterocycles. The SMILES string of the molecule is CCc1ccccc1NC(=O)CN1C(=O)N/C(=C/c2ccc(OCc3ccccc3)c(Br)c2)C1=O. The molecule has 8 heteroatoms. The van der Waals surface area contributed by atoms with E-state index in [2.05, 4.69) is 26.6 Å². The number of nitrogens with zero attached hydrogens (tertiary/aromatic N) is 1. The van der Waals surface area contributed by atoms with E-state index in [-0.39, 0.29) is 12.2 Å². The molecule has 7 nitrogen and oxygen atoms in total. The fourth-order valence-corrected chi connectivity index (χ4v) is 4.14. The number of imide groups is 1. The lowest BCUT2D eigenvalue weighted by Crippen LogP contribution is -2.38. The molecule has 3 aromatic rings. The highest BCUT2D eigenvalue weighted by Crippen LogP contribution is 2.28. The number of benzene rings is 3. The first-order chi connectivity index (χ1) is 16.9. The number of para-hydroxylation sites is 1. The monoisotopic (exact) mass is 533 g/mol. The third kappa shape index (κ3) is 5.96. The first-order valence-corrected chi connectivity index (χ1v) is 11.9. The second kappa shape index (κ2) is 11.0. The van der Waals surface area contributed by atoms with Gasteiger partial charge in [0.05, 0.1) is 4.47 Å². The van der Waals surface area contributed by atoms with Crippen LogP contribution in [0.15, 0.2) is 83.0 Å². The van der Waals surface area contributed by atoms with Crippen molar-refractivity contribution in [1.29, 1.82) is 0 Å². The van der Waals surface area contributed by atoms with E-state index in [0.717, 1.165) is 22.4 Å². The molecule has 35 heavy (non-hydrogen) atoms. The van der Waals surface area contributed by atoms with Gasteiger partial charge in [0.25, 0.3) is 5.91 Å². The molecule has 178 valence electrons. The summed E-state index contributed by atoms with van der Waals surface area (Å²) in [5.41, 5.74) is 3.48. The maximum absolute atomic E-state index is 12.8. The molecule has 4 rings (SSSR count). The van der Waals surface area contributed by atoms with E-state index < -0.39 is 17.8 Å². The Balaban J connectivity index is 1.40. The third-order valence-electron chi connectivity index (χ3n) is 5.44. The number of aryl methyl sites for hydroxylation is 1. The summed E-state index contributed by atoms with van der Waals surface area (Å²) in [5, 5.41) is 5.33. The van der Waals surface area contributed by atoms with Crippen LogP contribution in [0.25, 0.3) is 6.08 Å². The molecule has 0 aromatic heterocycles. The molecule has 0 radical (unpaired) electrons. The van der Waals surface area contributed by atoms with Crippen LogP contribution in [0.4, 0.5) is 10.5 Å². The van der Waals surface area contributed by atoms with E-state index in [1.54, 1.807) is 30.3 Å². The van der Waals surface area contributed by atoms with Crippen LogP contribution in [0.2, 0.25) is 0 Å². The highest BCUT2D eigenvalue weighted by molar-refractivity contribution is 9.10. The lowest BCUT2D eigenvalue weighted by atomic mass is 10.1. The fourth-order valence-electron chi connectivity index (χ4n) is 3.63. The molecule has 4 amide bonds. The topological polar surface area (TPSA) is 87.7 Å². The Morgan fingerprint density at radius 3 is 2.54 bits per heavy atom. The molecular weight excluding hydrogens is 510 g/mol. The average Bonchev–Trinajstić information content (AvgIpc) is 3.11. The summed E-state index contributed by atoms with van der Waals surface area (Å²) in [6.07, 6.45) is 2.31. The van der Waals surface area contributed by atoms with Gasteiger partial charge in [-0.2, -0.15) is 0 Å². The van der Waals surface area contributed by atoms with Gasteiger partial charge in [-0.25, -0.2) is 9.69 Å². The minimum atomic E-state index is -0.637. The van der Waals surface area contributed by atoms with Crippen LogP contribution in [0, 0.1) is 0 Å². The van der Waals surface area contributed by atoms with Crippen LogP contribution >= 0.6 is 15.9 Å². The van der Waals surface area contributed by atoms with Gasteiger partial charge in [0.1, 0.15) is 24.6 Å². The van der Waals surface area contributed by atoms with E-state index in [1.165, 1.54) is 0 Å². The number of nitrogens with one attached hydrogen (secondary N) is 2. The summed E-state index contributed by atoms with van der Waals surface area (Å²) in [6.45, 7) is 2.03. The van der Waals surface area contributed by atoms with Gasteiger partial charge in [-0.3, -0.25) is 9.59 Å². The molecule has 1 heterocycles. The molecule has 0 bridgehead atoms. The highest BCUT2D eigenvalue weighted by atomic mass is 79.9. The maximum Gasteiger partial charge on any atom is 0.329 e. The number of carbonyl (C=O) groups excluding carboxylic acids is 3. The molecule has 0 spiro atoms. The second-order valence-electron chi connectivity index (χ2n) is 7.90. The van der Waals surface area contributed by atoms with Crippen molar-refractivity contribution in [2.24, 2.45) is 0 Å². The van der Waals surface area contributed by atoms with Crippen LogP contribution in [0.3, 0.4) is 0 Å². The van der Waals surface area contributed by atoms with Gasteiger partial charge in [0.15, 0.2) is 0 Å². The zero-order chi connectivity index (χ0) is 24.8. The van der Waals surface area contributed by atoms with Crippen LogP contribution in [0.5, 0.6) is 5.75 Å². The summed E-state index contributed by atoms with van der Waals surface area (Å²) in [5.74, 6) is -0.351. The summed E-state index contributed by atoms with van der Waals surface area (Å²) in [7, 11) is 0. The van der Waals surface area contributed by atoms with Crippen LogP contribution in [0.1, 0.15) is 23.6 Å². The summed E-state index contributed by atoms with van der Waals surface area (Å²) < 4.78 is 6.57. The standard InChI is InChI=1S/C27H24BrN3O4/c1-2-20-10-6-7-11-22(20)29-25(32)16-31-26(33)23(30-27(31)34)15-19-12-13-24(21(28)14-19)35-17-18-8-4-3-5-9-18/h3-15H,2,16-17H2,1H3,(H,29,32)(H,30,34)/b23-15+. The number of anilines is 1. The molecule has 1 fully saturated rings. The highest BCUT2D eigenvalue weighted by Gasteiger charge is 2.35. The third-order valence-corrected chi connectivity index (χ3v) is 6.06. The van der Waals surface area contributed by atoms with Gasteiger partial charge in [0, 0.05) is 5.69 Å². The van der Waals surface area contributed by atoms with Crippen molar-refractivity contribution in [3.05, 3.63) is 99.7 Å². The first-order valence-electron chi connectivity index (χ1n) is 11.1. The Bertz CT molecular complexity index is 1290. The van der Waals surface area contributed by atoms with Gasteiger partial charge in [-0.05, 0) is 63.3 Å². The number of amides is 4. The van der Waals surface area contributed by atoms with Gasteiger partial charge in [0.2, 0.25) is 5.91 Å². The average molecular weight is 534 g/mol. The molecule has 0 unspecified atom stereocenters. The van der Waals surface area contributed by atoms with Crippen LogP contribution < -0.4 is 15.4 Å². The van der Waals surface area contributed by atoms with Crippen molar-refractivity contribution >= 4 is 45.5 Å². The molecular formula is C27H24BrN3O4. The van der Waals surface area contributed by atoms with Gasteiger partial charge < -0.3 is 15.4 Å². The molecule has 0 aliphatic carbocycles. The van der Waals surface area contributed by atoms with Crippen LogP contribution in [-0.4, -0.2) is 29.3 Å². The van der Waals surface area contributed by atoms with Crippen molar-refractivity contribution in [3.8, 4) is 5.75 Å². The lowest BCUT2D eigenvalue weighted by Gasteiger charge is -2.13. The Hall–Kier alpha value is -3.91. The molecule has 1 aliphatic rings. The van der Waals surface area contributed by atoms with Crippen molar-refractivity contribution < 1.29 is 19.1 Å². The molecule has 2 N–H and O–H groups in total. The minimum absolute atomic E-state index is 0.0987. The van der Waals surface area contributed by atoms with Gasteiger partial charge in [-0.1, -0.05) is 61.5 Å². The number of halogens is 1. The Kier molecular flexibility index (Phi) is 7.62. The Morgan fingerprint density at radius 2 is 1.80 bits per heavy atom. The molecule has 1 aliphatic heterocycles. The lowest BCUT2D eigenvalue weighted by molar-refractivity contribution is -0.127. The minimum Gasteiger partial charge on any atom is -0.488 e. The fraction of sp³-hybridized carbons (Fsp3) is 0.148. The summed E-state index contributed by atoms with van der Waals surface area (Å²) in [6, 6.07) is 22.0. The van der Waals surface area contributed by atoms with Crippen LogP contribution in [-0.2, 0) is 22.6 Å². The smallest absolute Gasteiger partial charge is 0.329 e. The predicted octanol–water partition coefficient (Wildman–Crippen LogP) is 5.12. The van der Waals surface area contributed by atoms with E-state index in [9.17, 15) is 14.4 Å². The number of hydrogen-bond acceptors (Lipinski definition) is 4. The Morgan fingerprint density at radius 1 is 1.06 bits per heavy atom. The zero-order valence-electron chi connectivity index (χ0n) is 19.1. The van der Waals surface area contributed by atoms with Gasteiger partial charge >= 0.3 is 6.03 Å². The Labute approximate surface area is 211 Å². The number of rotatable bonds is 8. The summed E-state index contributed by atoms with van der Waals surface area (Å²) >= 11 is 3.49. The second-order valence-corrected chi connectivity index (χ2v) is 8.76. The number of hydrogen-bond donors (Lipinski definition) is 2. The molecule has 0 saturated carbocycles. The van der Waals surface area contributed by atoms with Crippen molar-refractivity contribution in [2.75, 3.05) is 11.9 Å². The number of carbonyl (C=O) groups is 3.